The minimum atomic E-state index is -0.273. The summed E-state index contributed by atoms with van der Waals surface area (Å²) in [6, 6.07) is 60.1. The highest BCUT2D eigenvalue weighted by molar-refractivity contribution is 7.27. The summed E-state index contributed by atoms with van der Waals surface area (Å²) in [4.78, 5) is 10.7. The Morgan fingerprint density at radius 1 is 0.471 bits per heavy atom. The molecule has 0 fully saturated rings. The van der Waals surface area contributed by atoms with Gasteiger partial charge in [0.05, 0.1) is 16.9 Å². The molecule has 1 N–H and O–H groups in total. The monoisotopic (exact) mass is 669 g/mol. The Morgan fingerprint density at radius 3 is 1.88 bits per heavy atom. The van der Waals surface area contributed by atoms with E-state index in [1.165, 1.54) is 47.5 Å². The topological polar surface area (TPSA) is 37.3 Å². The van der Waals surface area contributed by atoms with Crippen molar-refractivity contribution >= 4 is 64.6 Å². The lowest BCUT2D eigenvalue weighted by atomic mass is 9.95. The molecule has 0 saturated heterocycles. The number of nitrogens with zero attached hydrogens (tertiary/aromatic N) is 2. The van der Waals surface area contributed by atoms with E-state index in [1.807, 2.05) is 11.3 Å². The van der Waals surface area contributed by atoms with Crippen molar-refractivity contribution in [2.75, 3.05) is 0 Å². The van der Waals surface area contributed by atoms with Crippen LogP contribution in [0.4, 0.5) is 0 Å². The molecule has 0 radical (unpaired) electrons. The highest BCUT2D eigenvalue weighted by Crippen LogP contribution is 2.45. The summed E-state index contributed by atoms with van der Waals surface area (Å²) >= 11 is 1.87. The molecule has 0 aliphatic carbocycles. The Labute approximate surface area is 299 Å². The van der Waals surface area contributed by atoms with Gasteiger partial charge in [-0.3, -0.25) is 4.99 Å². The molecule has 240 valence electrons. The first-order chi connectivity index (χ1) is 25.3. The molecule has 3 heterocycles. The van der Waals surface area contributed by atoms with Gasteiger partial charge in [-0.25, -0.2) is 4.98 Å². The number of fused-ring (bicyclic) bond motifs is 7. The van der Waals surface area contributed by atoms with Crippen LogP contribution < -0.4 is 5.32 Å². The zero-order valence-electron chi connectivity index (χ0n) is 27.6. The summed E-state index contributed by atoms with van der Waals surface area (Å²) in [7, 11) is 0. The Bertz CT molecular complexity index is 2820. The molecule has 1 aliphatic rings. The van der Waals surface area contributed by atoms with Crippen molar-refractivity contribution in [1.82, 2.24) is 10.3 Å². The highest BCUT2D eigenvalue weighted by Gasteiger charge is 2.24. The molecule has 0 amide bonds. The molecular formula is C47H31N3S. The number of rotatable bonds is 5. The SMILES string of the molecule is C1=C(c2ccccc2)NC(c2ccccc2-c2ccccc2)N=C1c1cccc2c1sc1c2ccc2c(-c3ccccc3)nc3ccccc3c21. The lowest BCUT2D eigenvalue weighted by molar-refractivity contribution is 0.666. The Balaban J connectivity index is 1.22. The number of hydrogen-bond acceptors (Lipinski definition) is 4. The standard InChI is InChI=1S/C47H31N3S/c1-4-15-30(16-5-1)33-21-10-11-22-36(33)47-49-41(31-17-6-2-7-18-31)29-42(50-47)38-25-14-24-34-35-27-28-39-43(46(35)51-45(34)38)37-23-12-13-26-40(37)48-44(39)32-19-8-3-9-20-32/h1-29,47,49H. The van der Waals surface area contributed by atoms with Gasteiger partial charge in [-0.15, -0.1) is 11.3 Å². The van der Waals surface area contributed by atoms with E-state index >= 15 is 0 Å². The maximum atomic E-state index is 5.50. The van der Waals surface area contributed by atoms with Crippen LogP contribution in [-0.4, -0.2) is 10.7 Å². The molecule has 1 unspecified atom stereocenters. The predicted molar refractivity (Wildman–Crippen MR) is 216 cm³/mol. The summed E-state index contributed by atoms with van der Waals surface area (Å²) in [5.74, 6) is 0. The second-order valence-electron chi connectivity index (χ2n) is 12.9. The first kappa shape index (κ1) is 29.5. The van der Waals surface area contributed by atoms with Crippen LogP contribution in [0.15, 0.2) is 181 Å². The first-order valence-electron chi connectivity index (χ1n) is 17.3. The molecule has 1 aliphatic heterocycles. The van der Waals surface area contributed by atoms with Gasteiger partial charge < -0.3 is 5.32 Å². The van der Waals surface area contributed by atoms with Crippen molar-refractivity contribution in [1.29, 1.82) is 0 Å². The van der Waals surface area contributed by atoms with Crippen molar-refractivity contribution in [3.8, 4) is 22.4 Å². The van der Waals surface area contributed by atoms with Gasteiger partial charge in [-0.05, 0) is 28.8 Å². The number of aromatic nitrogens is 1. The molecule has 4 heteroatoms. The fourth-order valence-corrected chi connectivity index (χ4v) is 8.92. The normalized spacial score (nSPS) is 14.5. The summed E-state index contributed by atoms with van der Waals surface area (Å²) < 4.78 is 2.51. The van der Waals surface area contributed by atoms with Gasteiger partial charge in [0, 0.05) is 58.7 Å². The molecule has 51 heavy (non-hydrogen) atoms. The average Bonchev–Trinajstić information content (AvgIpc) is 3.60. The van der Waals surface area contributed by atoms with Gasteiger partial charge in [-0.1, -0.05) is 164 Å². The van der Waals surface area contributed by atoms with Gasteiger partial charge in [0.15, 0.2) is 0 Å². The quantitative estimate of drug-likeness (QED) is 0.185. The summed E-state index contributed by atoms with van der Waals surface area (Å²) in [5.41, 5.74) is 10.9. The van der Waals surface area contributed by atoms with Crippen LogP contribution in [0.5, 0.6) is 0 Å². The molecule has 10 rings (SSSR count). The van der Waals surface area contributed by atoms with Crippen molar-refractivity contribution in [3.63, 3.8) is 0 Å². The van der Waals surface area contributed by atoms with Gasteiger partial charge in [0.2, 0.25) is 0 Å². The van der Waals surface area contributed by atoms with Crippen molar-refractivity contribution in [3.05, 3.63) is 193 Å². The van der Waals surface area contributed by atoms with Gasteiger partial charge in [-0.2, -0.15) is 0 Å². The molecule has 7 aromatic carbocycles. The minimum absolute atomic E-state index is 0.273. The Kier molecular flexibility index (Phi) is 7.07. The third kappa shape index (κ3) is 5.03. The fraction of sp³-hybridized carbons (Fsp3) is 0.0213. The number of thiophene rings is 1. The van der Waals surface area contributed by atoms with E-state index in [9.17, 15) is 0 Å². The van der Waals surface area contributed by atoms with Crippen molar-refractivity contribution in [2.45, 2.75) is 6.17 Å². The second-order valence-corrected chi connectivity index (χ2v) is 14.0. The van der Waals surface area contributed by atoms with E-state index in [4.69, 9.17) is 9.98 Å². The smallest absolute Gasteiger partial charge is 0.146 e. The number of para-hydroxylation sites is 1. The van der Waals surface area contributed by atoms with Crippen LogP contribution >= 0.6 is 11.3 Å². The lowest BCUT2D eigenvalue weighted by Gasteiger charge is -2.26. The predicted octanol–water partition coefficient (Wildman–Crippen LogP) is 12.2. The summed E-state index contributed by atoms with van der Waals surface area (Å²) in [5, 5.41) is 9.91. The maximum Gasteiger partial charge on any atom is 0.146 e. The van der Waals surface area contributed by atoms with E-state index in [0.29, 0.717) is 0 Å². The van der Waals surface area contributed by atoms with Crippen molar-refractivity contribution < 1.29 is 0 Å². The number of pyridine rings is 1. The largest absolute Gasteiger partial charge is 0.359 e. The second kappa shape index (κ2) is 12.2. The van der Waals surface area contributed by atoms with E-state index in [2.05, 4.69) is 181 Å². The summed E-state index contributed by atoms with van der Waals surface area (Å²) in [6.07, 6.45) is 1.95. The molecule has 0 spiro atoms. The highest BCUT2D eigenvalue weighted by atomic mass is 32.1. The van der Waals surface area contributed by atoms with E-state index in [-0.39, 0.29) is 6.17 Å². The molecule has 0 saturated carbocycles. The van der Waals surface area contributed by atoms with Crippen LogP contribution in [0.3, 0.4) is 0 Å². The van der Waals surface area contributed by atoms with E-state index in [1.54, 1.807) is 0 Å². The average molecular weight is 670 g/mol. The van der Waals surface area contributed by atoms with Crippen LogP contribution in [0.1, 0.15) is 22.9 Å². The molecule has 9 aromatic rings. The number of aliphatic imine (C=N–C) groups is 1. The third-order valence-electron chi connectivity index (χ3n) is 9.92. The van der Waals surface area contributed by atoms with E-state index < -0.39 is 0 Å². The van der Waals surface area contributed by atoms with Gasteiger partial charge in [0.25, 0.3) is 0 Å². The third-order valence-corrected chi connectivity index (χ3v) is 11.2. The van der Waals surface area contributed by atoms with Crippen LogP contribution in [0, 0.1) is 0 Å². The van der Waals surface area contributed by atoms with Gasteiger partial charge >= 0.3 is 0 Å². The molecule has 3 nitrogen and oxygen atoms in total. The number of nitrogens with one attached hydrogen (secondary N) is 1. The number of hydrogen-bond donors (Lipinski definition) is 1. The van der Waals surface area contributed by atoms with E-state index in [0.717, 1.165) is 44.9 Å². The fourth-order valence-electron chi connectivity index (χ4n) is 7.54. The number of benzene rings is 7. The Morgan fingerprint density at radius 2 is 1.08 bits per heavy atom. The Hall–Kier alpha value is -6.36. The zero-order chi connectivity index (χ0) is 33.7. The minimum Gasteiger partial charge on any atom is -0.359 e. The first-order valence-corrected chi connectivity index (χ1v) is 18.1. The number of allylic oxidation sites excluding steroid dienone is 1. The zero-order valence-corrected chi connectivity index (χ0v) is 28.4. The lowest BCUT2D eigenvalue weighted by Crippen LogP contribution is -2.25. The van der Waals surface area contributed by atoms with Crippen molar-refractivity contribution in [2.24, 2.45) is 4.99 Å². The van der Waals surface area contributed by atoms with Crippen LogP contribution in [0.2, 0.25) is 0 Å². The van der Waals surface area contributed by atoms with Gasteiger partial charge in [0.1, 0.15) is 6.17 Å². The molecular weight excluding hydrogens is 639 g/mol. The summed E-state index contributed by atoms with van der Waals surface area (Å²) in [6.45, 7) is 0. The van der Waals surface area contributed by atoms with Crippen LogP contribution in [0.25, 0.3) is 69.9 Å². The molecule has 1 atom stereocenters. The van der Waals surface area contributed by atoms with Crippen LogP contribution in [-0.2, 0) is 0 Å². The molecule has 2 aromatic heterocycles. The maximum absolute atomic E-state index is 5.50. The molecule has 0 bridgehead atoms.